The van der Waals surface area contributed by atoms with Crippen LogP contribution in [-0.4, -0.2) is 22.7 Å². The van der Waals surface area contributed by atoms with E-state index in [1.807, 2.05) is 0 Å². The third-order valence-corrected chi connectivity index (χ3v) is 5.55. The molecule has 0 saturated heterocycles. The van der Waals surface area contributed by atoms with Crippen LogP contribution in [0.4, 0.5) is 11.4 Å². The number of thiazole rings is 1. The number of aromatic nitrogens is 1. The average molecular weight is 432 g/mol. The first-order valence-corrected chi connectivity index (χ1v) is 9.69. The monoisotopic (exact) mass is 431 g/mol. The molecule has 9 heteroatoms. The van der Waals surface area contributed by atoms with Gasteiger partial charge in [-0.15, -0.1) is 11.3 Å². The maximum absolute atomic E-state index is 12.7. The maximum atomic E-state index is 12.7. The van der Waals surface area contributed by atoms with Gasteiger partial charge in [-0.2, -0.15) is 0 Å². The van der Waals surface area contributed by atoms with Crippen LogP contribution in [0.15, 0.2) is 41.9 Å². The first-order valence-electron chi connectivity index (χ1n) is 8.06. The summed E-state index contributed by atoms with van der Waals surface area (Å²) in [6.07, 6.45) is 0. The van der Waals surface area contributed by atoms with Crippen molar-refractivity contribution in [3.63, 3.8) is 0 Å². The molecule has 1 aliphatic heterocycles. The van der Waals surface area contributed by atoms with Crippen molar-refractivity contribution in [3.05, 3.63) is 73.7 Å². The fraction of sp³-hybridized carbons (Fsp3) is 0.0526. The van der Waals surface area contributed by atoms with Gasteiger partial charge in [0.05, 0.1) is 27.3 Å². The number of hydrogen-bond acceptors (Lipinski definition) is 5. The number of imide groups is 1. The Kier molecular flexibility index (Phi) is 4.66. The second kappa shape index (κ2) is 7.01. The number of fused-ring (bicyclic) bond motifs is 1. The van der Waals surface area contributed by atoms with E-state index in [9.17, 15) is 14.4 Å². The van der Waals surface area contributed by atoms with E-state index in [1.165, 1.54) is 35.6 Å². The van der Waals surface area contributed by atoms with Crippen LogP contribution < -0.4 is 10.2 Å². The minimum Gasteiger partial charge on any atom is -0.321 e. The Morgan fingerprint density at radius 1 is 1.07 bits per heavy atom. The predicted molar refractivity (Wildman–Crippen MR) is 109 cm³/mol. The highest BCUT2D eigenvalue weighted by Crippen LogP contribution is 2.35. The summed E-state index contributed by atoms with van der Waals surface area (Å²) < 4.78 is 0. The molecule has 0 fully saturated rings. The molecule has 0 unspecified atom stereocenters. The van der Waals surface area contributed by atoms with Gasteiger partial charge in [0, 0.05) is 15.6 Å². The van der Waals surface area contributed by atoms with Gasteiger partial charge in [-0.1, -0.05) is 23.2 Å². The van der Waals surface area contributed by atoms with Crippen LogP contribution in [0.3, 0.4) is 0 Å². The quantitative estimate of drug-likeness (QED) is 0.603. The first-order chi connectivity index (χ1) is 13.4. The van der Waals surface area contributed by atoms with Crippen molar-refractivity contribution in [2.75, 3.05) is 10.2 Å². The molecule has 1 N–H and O–H groups in total. The van der Waals surface area contributed by atoms with Crippen molar-refractivity contribution in [2.24, 2.45) is 0 Å². The van der Waals surface area contributed by atoms with E-state index < -0.39 is 11.8 Å². The maximum Gasteiger partial charge on any atom is 0.275 e. The fourth-order valence-electron chi connectivity index (χ4n) is 2.91. The summed E-state index contributed by atoms with van der Waals surface area (Å²) in [7, 11) is 0. The molecule has 0 bridgehead atoms. The van der Waals surface area contributed by atoms with Gasteiger partial charge in [0.1, 0.15) is 5.69 Å². The largest absolute Gasteiger partial charge is 0.321 e. The zero-order chi connectivity index (χ0) is 20.0. The molecule has 2 aromatic carbocycles. The van der Waals surface area contributed by atoms with Crippen LogP contribution in [0, 0.1) is 6.92 Å². The van der Waals surface area contributed by atoms with E-state index in [2.05, 4.69) is 10.3 Å². The lowest BCUT2D eigenvalue weighted by Gasteiger charge is -2.16. The molecule has 1 aromatic heterocycles. The van der Waals surface area contributed by atoms with Crippen LogP contribution in [0.2, 0.25) is 10.0 Å². The molecule has 0 spiro atoms. The zero-order valence-electron chi connectivity index (χ0n) is 14.3. The van der Waals surface area contributed by atoms with Crippen LogP contribution in [0.1, 0.15) is 36.1 Å². The van der Waals surface area contributed by atoms with Crippen molar-refractivity contribution in [1.82, 2.24) is 4.98 Å². The summed E-state index contributed by atoms with van der Waals surface area (Å²) in [5.41, 5.74) is 3.07. The van der Waals surface area contributed by atoms with Crippen molar-refractivity contribution in [1.29, 1.82) is 0 Å². The lowest BCUT2D eigenvalue weighted by Crippen LogP contribution is -2.29. The molecule has 6 nitrogen and oxygen atoms in total. The third-order valence-electron chi connectivity index (χ3n) is 4.25. The zero-order valence-corrected chi connectivity index (χ0v) is 16.7. The Balaban J connectivity index is 1.62. The molecular weight excluding hydrogens is 421 g/mol. The van der Waals surface area contributed by atoms with E-state index in [4.69, 9.17) is 23.2 Å². The Labute approximate surface area is 173 Å². The summed E-state index contributed by atoms with van der Waals surface area (Å²) >= 11 is 13.6. The molecule has 0 radical (unpaired) electrons. The minimum atomic E-state index is -0.501. The molecule has 0 aliphatic carbocycles. The summed E-state index contributed by atoms with van der Waals surface area (Å²) in [6.45, 7) is 1.80. The molecule has 1 aliphatic rings. The van der Waals surface area contributed by atoms with Gasteiger partial charge in [-0.3, -0.25) is 14.4 Å². The summed E-state index contributed by atoms with van der Waals surface area (Å²) in [5, 5.41) is 3.22. The number of carbonyl (C=O) groups excluding carboxylic acids is 3. The molecule has 4 rings (SSSR count). The smallest absolute Gasteiger partial charge is 0.275 e. The van der Waals surface area contributed by atoms with Crippen LogP contribution in [0.5, 0.6) is 0 Å². The Bertz CT molecular complexity index is 1160. The standard InChI is InChI=1S/C19H11Cl2N3O3S/c1-9-16(22-8-28-9)17(25)23-11-3-5-15(14(21)7-11)24-18(26)12-4-2-10(20)6-13(12)19(24)27/h2-8H,1H3,(H,23,25). The van der Waals surface area contributed by atoms with Crippen molar-refractivity contribution >= 4 is 63.6 Å². The van der Waals surface area contributed by atoms with Gasteiger partial charge in [0.15, 0.2) is 0 Å². The minimum absolute atomic E-state index is 0.147. The number of aryl methyl sites for hydroxylation is 1. The number of hydrogen-bond donors (Lipinski definition) is 1. The fourth-order valence-corrected chi connectivity index (χ4v) is 3.92. The second-order valence-electron chi connectivity index (χ2n) is 6.01. The second-order valence-corrected chi connectivity index (χ2v) is 7.92. The first kappa shape index (κ1) is 18.6. The van der Waals surface area contributed by atoms with Crippen LogP contribution >= 0.6 is 34.5 Å². The lowest BCUT2D eigenvalue weighted by atomic mass is 10.1. The highest BCUT2D eigenvalue weighted by atomic mass is 35.5. The van der Waals surface area contributed by atoms with Gasteiger partial charge in [0.2, 0.25) is 0 Å². The average Bonchev–Trinajstić information content (AvgIpc) is 3.18. The van der Waals surface area contributed by atoms with Gasteiger partial charge < -0.3 is 5.32 Å². The number of nitrogens with one attached hydrogen (secondary N) is 1. The molecule has 3 aromatic rings. The number of anilines is 2. The highest BCUT2D eigenvalue weighted by molar-refractivity contribution is 7.09. The number of carbonyl (C=O) groups is 3. The molecule has 0 atom stereocenters. The Morgan fingerprint density at radius 3 is 2.50 bits per heavy atom. The Morgan fingerprint density at radius 2 is 1.82 bits per heavy atom. The number of benzene rings is 2. The van der Waals surface area contributed by atoms with E-state index in [0.29, 0.717) is 16.4 Å². The van der Waals surface area contributed by atoms with Crippen molar-refractivity contribution in [3.8, 4) is 0 Å². The van der Waals surface area contributed by atoms with Crippen LogP contribution in [-0.2, 0) is 0 Å². The highest BCUT2D eigenvalue weighted by Gasteiger charge is 2.37. The van der Waals surface area contributed by atoms with Gasteiger partial charge >= 0.3 is 0 Å². The van der Waals surface area contributed by atoms with Crippen LogP contribution in [0.25, 0.3) is 0 Å². The van der Waals surface area contributed by atoms with Gasteiger partial charge in [-0.25, -0.2) is 9.88 Å². The molecule has 140 valence electrons. The Hall–Kier alpha value is -2.74. The number of rotatable bonds is 3. The number of amides is 3. The van der Waals surface area contributed by atoms with E-state index in [0.717, 1.165) is 9.78 Å². The summed E-state index contributed by atoms with van der Waals surface area (Å²) in [5.74, 6) is -1.34. The molecule has 28 heavy (non-hydrogen) atoms. The SMILES string of the molecule is Cc1scnc1C(=O)Nc1ccc(N2C(=O)c3ccc(Cl)cc3C2=O)c(Cl)c1. The normalized spacial score (nSPS) is 13.0. The van der Waals surface area contributed by atoms with Crippen molar-refractivity contribution < 1.29 is 14.4 Å². The lowest BCUT2D eigenvalue weighted by molar-refractivity contribution is 0.0924. The molecule has 2 heterocycles. The molecular formula is C19H11Cl2N3O3S. The summed E-state index contributed by atoms with van der Waals surface area (Å²) in [6, 6.07) is 9.07. The predicted octanol–water partition coefficient (Wildman–Crippen LogP) is 4.81. The third kappa shape index (κ3) is 3.07. The topological polar surface area (TPSA) is 79.4 Å². The van der Waals surface area contributed by atoms with Crippen molar-refractivity contribution in [2.45, 2.75) is 6.92 Å². The number of nitrogens with zero attached hydrogens (tertiary/aromatic N) is 2. The van der Waals surface area contributed by atoms with E-state index in [1.54, 1.807) is 24.6 Å². The van der Waals surface area contributed by atoms with E-state index in [-0.39, 0.29) is 27.7 Å². The van der Waals surface area contributed by atoms with Gasteiger partial charge in [0.25, 0.3) is 17.7 Å². The molecule has 0 saturated carbocycles. The number of halogens is 2. The molecule has 3 amide bonds. The van der Waals surface area contributed by atoms with Gasteiger partial charge in [-0.05, 0) is 43.3 Å². The summed E-state index contributed by atoms with van der Waals surface area (Å²) in [4.78, 5) is 43.4. The van der Waals surface area contributed by atoms with E-state index >= 15 is 0 Å².